The molecule has 2 aromatic heterocycles. The first-order valence-electron chi connectivity index (χ1n) is 10.5. The fraction of sp³-hybridized carbons (Fsp3) is 0.208. The third kappa shape index (κ3) is 4.73. The molecule has 0 bridgehead atoms. The van der Waals surface area contributed by atoms with E-state index in [4.69, 9.17) is 0 Å². The number of hydrogen-bond acceptors (Lipinski definition) is 5. The maximum absolute atomic E-state index is 13.0. The Labute approximate surface area is 192 Å². The number of nitrogens with zero attached hydrogens (tertiary/aromatic N) is 3. The van der Waals surface area contributed by atoms with E-state index in [1.165, 1.54) is 6.07 Å². The van der Waals surface area contributed by atoms with Gasteiger partial charge in [-0.25, -0.2) is 18.1 Å². The summed E-state index contributed by atoms with van der Waals surface area (Å²) in [5, 5.41) is 7.92. The van der Waals surface area contributed by atoms with Crippen LogP contribution in [0, 0.1) is 13.8 Å². The van der Waals surface area contributed by atoms with Gasteiger partial charge >= 0.3 is 0 Å². The van der Waals surface area contributed by atoms with E-state index in [1.807, 2.05) is 26.8 Å². The van der Waals surface area contributed by atoms with E-state index < -0.39 is 15.9 Å². The van der Waals surface area contributed by atoms with E-state index in [9.17, 15) is 13.2 Å². The van der Waals surface area contributed by atoms with Gasteiger partial charge in [0.1, 0.15) is 0 Å². The highest BCUT2D eigenvalue weighted by Crippen LogP contribution is 2.23. The molecular formula is C24H25N5O3S. The van der Waals surface area contributed by atoms with Gasteiger partial charge in [-0.15, -0.1) is 0 Å². The predicted molar refractivity (Wildman–Crippen MR) is 129 cm³/mol. The summed E-state index contributed by atoms with van der Waals surface area (Å²) in [5.74, 6) is -0.431. The van der Waals surface area contributed by atoms with Crippen molar-refractivity contribution in [3.63, 3.8) is 0 Å². The fourth-order valence-electron chi connectivity index (χ4n) is 3.54. The first-order chi connectivity index (χ1) is 15.6. The number of sulfonamides is 1. The average Bonchev–Trinajstić information content (AvgIpc) is 3.17. The molecule has 2 N–H and O–H groups in total. The lowest BCUT2D eigenvalue weighted by atomic mass is 10.1. The minimum atomic E-state index is -3.88. The van der Waals surface area contributed by atoms with Crippen LogP contribution in [0.4, 0.5) is 11.4 Å². The Morgan fingerprint density at radius 3 is 2.52 bits per heavy atom. The highest BCUT2D eigenvalue weighted by atomic mass is 32.2. The number of carbonyl (C=O) groups is 1. The Morgan fingerprint density at radius 2 is 1.79 bits per heavy atom. The van der Waals surface area contributed by atoms with Crippen LogP contribution >= 0.6 is 0 Å². The van der Waals surface area contributed by atoms with Crippen molar-refractivity contribution in [3.8, 4) is 0 Å². The Kier molecular flexibility index (Phi) is 5.90. The molecule has 0 spiro atoms. The number of nitrogens with one attached hydrogen (secondary N) is 2. The molecule has 0 saturated heterocycles. The fourth-order valence-corrected chi connectivity index (χ4v) is 4.86. The van der Waals surface area contributed by atoms with Gasteiger partial charge in [-0.3, -0.25) is 9.52 Å². The minimum Gasteiger partial charge on any atom is -0.321 e. The zero-order valence-corrected chi connectivity index (χ0v) is 19.6. The number of benzene rings is 2. The van der Waals surface area contributed by atoms with Crippen LogP contribution in [0.2, 0.25) is 0 Å². The zero-order chi connectivity index (χ0) is 23.8. The topological polar surface area (TPSA) is 106 Å². The summed E-state index contributed by atoms with van der Waals surface area (Å²) in [6, 6.07) is 13.6. The van der Waals surface area contributed by atoms with Gasteiger partial charge in [-0.2, -0.15) is 5.10 Å². The molecular weight excluding hydrogens is 438 g/mol. The largest absolute Gasteiger partial charge is 0.321 e. The number of anilines is 2. The van der Waals surface area contributed by atoms with Crippen LogP contribution in [-0.2, 0) is 10.0 Å². The number of amides is 1. The summed E-state index contributed by atoms with van der Waals surface area (Å²) in [4.78, 5) is 17.3. The summed E-state index contributed by atoms with van der Waals surface area (Å²) in [6.45, 7) is 7.60. The van der Waals surface area contributed by atoms with Gasteiger partial charge in [0.05, 0.1) is 23.0 Å². The lowest BCUT2D eigenvalue weighted by Gasteiger charge is -2.13. The molecule has 33 heavy (non-hydrogen) atoms. The molecule has 2 aromatic carbocycles. The molecule has 4 aromatic rings. The zero-order valence-electron chi connectivity index (χ0n) is 18.8. The van der Waals surface area contributed by atoms with E-state index in [1.54, 1.807) is 60.4 Å². The molecule has 9 heteroatoms. The number of carbonyl (C=O) groups excluding carboxylic acids is 1. The number of fused-ring (bicyclic) bond motifs is 1. The molecule has 8 nitrogen and oxygen atoms in total. The average molecular weight is 464 g/mol. The van der Waals surface area contributed by atoms with Crippen molar-refractivity contribution in [1.82, 2.24) is 14.8 Å². The van der Waals surface area contributed by atoms with Gasteiger partial charge in [0.15, 0.2) is 5.65 Å². The summed E-state index contributed by atoms with van der Waals surface area (Å²) >= 11 is 0. The lowest BCUT2D eigenvalue weighted by molar-refractivity contribution is 0.102. The Hall–Kier alpha value is -3.72. The highest BCUT2D eigenvalue weighted by Gasteiger charge is 2.20. The Bertz CT molecular complexity index is 1460. The van der Waals surface area contributed by atoms with E-state index >= 15 is 0 Å². The summed E-state index contributed by atoms with van der Waals surface area (Å²) in [5.41, 5.74) is 3.39. The number of rotatable bonds is 6. The summed E-state index contributed by atoms with van der Waals surface area (Å²) < 4.78 is 30.4. The Balaban J connectivity index is 1.59. The van der Waals surface area contributed by atoms with Gasteiger partial charge in [0, 0.05) is 22.7 Å². The first-order valence-corrected chi connectivity index (χ1v) is 12.0. The second kappa shape index (κ2) is 8.67. The van der Waals surface area contributed by atoms with E-state index in [2.05, 4.69) is 20.1 Å². The minimum absolute atomic E-state index is 0.0449. The van der Waals surface area contributed by atoms with Crippen molar-refractivity contribution in [3.05, 3.63) is 77.6 Å². The van der Waals surface area contributed by atoms with Crippen molar-refractivity contribution in [2.45, 2.75) is 38.6 Å². The first kappa shape index (κ1) is 22.5. The van der Waals surface area contributed by atoms with Crippen molar-refractivity contribution >= 4 is 38.3 Å². The normalized spacial score (nSPS) is 11.7. The second-order valence-corrected chi connectivity index (χ2v) is 9.88. The van der Waals surface area contributed by atoms with Gasteiger partial charge in [0.25, 0.3) is 15.9 Å². The predicted octanol–water partition coefficient (Wildman–Crippen LogP) is 4.68. The summed E-state index contributed by atoms with van der Waals surface area (Å²) in [7, 11) is -3.88. The quantitative estimate of drug-likeness (QED) is 0.432. The Morgan fingerprint density at radius 1 is 1.00 bits per heavy atom. The molecule has 0 atom stereocenters. The van der Waals surface area contributed by atoms with Crippen LogP contribution in [0.3, 0.4) is 0 Å². The van der Waals surface area contributed by atoms with Crippen LogP contribution in [-0.4, -0.2) is 29.1 Å². The van der Waals surface area contributed by atoms with Gasteiger partial charge in [-0.1, -0.05) is 18.2 Å². The monoisotopic (exact) mass is 463 g/mol. The van der Waals surface area contributed by atoms with Crippen molar-refractivity contribution in [2.75, 3.05) is 10.0 Å². The number of pyridine rings is 1. The molecule has 0 aliphatic heterocycles. The second-order valence-electron chi connectivity index (χ2n) is 8.23. The van der Waals surface area contributed by atoms with Crippen LogP contribution < -0.4 is 10.0 Å². The molecule has 0 saturated carbocycles. The maximum atomic E-state index is 13.0. The van der Waals surface area contributed by atoms with Crippen LogP contribution in [0.1, 0.15) is 41.4 Å². The van der Waals surface area contributed by atoms with Gasteiger partial charge < -0.3 is 5.32 Å². The van der Waals surface area contributed by atoms with E-state index in [0.717, 1.165) is 16.6 Å². The van der Waals surface area contributed by atoms with E-state index in [-0.39, 0.29) is 16.5 Å². The standard InChI is InChI=1S/C24H25N5O3S/c1-15(2)29-23-19(13-26-29)11-21(14-25-23)27-24(30)18-9-8-17(4)22(12-18)33(31,32)28-20-7-5-6-16(3)10-20/h5-15,28H,1-4H3,(H,27,30). The molecule has 0 aliphatic carbocycles. The number of aromatic nitrogens is 3. The van der Waals surface area contributed by atoms with Crippen molar-refractivity contribution in [1.29, 1.82) is 0 Å². The van der Waals surface area contributed by atoms with Crippen LogP contribution in [0.25, 0.3) is 11.0 Å². The molecule has 1 amide bonds. The van der Waals surface area contributed by atoms with Crippen molar-refractivity contribution in [2.24, 2.45) is 0 Å². The molecule has 4 rings (SSSR count). The molecule has 0 unspecified atom stereocenters. The summed E-state index contributed by atoms with van der Waals surface area (Å²) in [6.07, 6.45) is 3.26. The van der Waals surface area contributed by atoms with Crippen LogP contribution in [0.5, 0.6) is 0 Å². The van der Waals surface area contributed by atoms with Crippen LogP contribution in [0.15, 0.2) is 65.8 Å². The van der Waals surface area contributed by atoms with Gasteiger partial charge in [-0.05, 0) is 69.2 Å². The third-order valence-corrected chi connectivity index (χ3v) is 6.71. The SMILES string of the molecule is Cc1cccc(NS(=O)(=O)c2cc(C(=O)Nc3cnc4c(cnn4C(C)C)c3)ccc2C)c1. The molecule has 2 heterocycles. The number of hydrogen-bond donors (Lipinski definition) is 2. The molecule has 0 aliphatic rings. The lowest BCUT2D eigenvalue weighted by Crippen LogP contribution is -2.17. The highest BCUT2D eigenvalue weighted by molar-refractivity contribution is 7.92. The molecule has 0 radical (unpaired) electrons. The van der Waals surface area contributed by atoms with E-state index in [0.29, 0.717) is 16.9 Å². The maximum Gasteiger partial charge on any atom is 0.262 e. The number of aryl methyl sites for hydroxylation is 2. The molecule has 0 fully saturated rings. The smallest absolute Gasteiger partial charge is 0.262 e. The third-order valence-electron chi connectivity index (χ3n) is 5.19. The molecule has 170 valence electrons. The van der Waals surface area contributed by atoms with Crippen molar-refractivity contribution < 1.29 is 13.2 Å². The van der Waals surface area contributed by atoms with Gasteiger partial charge in [0.2, 0.25) is 0 Å².